The lowest BCUT2D eigenvalue weighted by Gasteiger charge is -2.05. The number of rotatable bonds is 4. The van der Waals surface area contributed by atoms with Gasteiger partial charge in [-0.25, -0.2) is 9.37 Å². The van der Waals surface area contributed by atoms with E-state index in [1.54, 1.807) is 12.1 Å². The Morgan fingerprint density at radius 1 is 1.13 bits per heavy atom. The molecule has 0 radical (unpaired) electrons. The fourth-order valence-electron chi connectivity index (χ4n) is 3.87. The number of nitrogens with zero attached hydrogens (tertiary/aromatic N) is 3. The largest absolute Gasteiger partial charge is 0.342 e. The lowest BCUT2D eigenvalue weighted by Crippen LogP contribution is -1.97. The molecule has 150 valence electrons. The number of hydrogen-bond donors (Lipinski definition) is 1. The number of aromatic nitrogens is 3. The van der Waals surface area contributed by atoms with E-state index in [1.807, 2.05) is 61.7 Å². The second-order valence-electron chi connectivity index (χ2n) is 7.63. The Balaban J connectivity index is 1.59. The van der Waals surface area contributed by atoms with Gasteiger partial charge in [-0.3, -0.25) is 0 Å². The molecule has 0 saturated heterocycles. The smallest absolute Gasteiger partial charge is 0.149 e. The molecule has 0 spiro atoms. The van der Waals surface area contributed by atoms with Crippen LogP contribution in [0.15, 0.2) is 72.9 Å². The van der Waals surface area contributed by atoms with Crippen LogP contribution in [0.5, 0.6) is 0 Å². The van der Waals surface area contributed by atoms with Crippen molar-refractivity contribution >= 4 is 33.6 Å². The van der Waals surface area contributed by atoms with Crippen LogP contribution in [0.4, 0.5) is 4.39 Å². The fourth-order valence-corrected chi connectivity index (χ4v) is 3.87. The highest BCUT2D eigenvalue weighted by atomic mass is 19.1. The number of aromatic amines is 1. The normalized spacial score (nSPS) is 11.8. The number of nitriles is 1. The summed E-state index contributed by atoms with van der Waals surface area (Å²) < 4.78 is 15.4. The second kappa shape index (κ2) is 7.58. The number of hydrogen-bond acceptors (Lipinski definition) is 2. The van der Waals surface area contributed by atoms with Crippen molar-refractivity contribution in [2.45, 2.75) is 13.5 Å². The van der Waals surface area contributed by atoms with Crippen molar-refractivity contribution in [3.8, 4) is 6.07 Å². The SMILES string of the molecule is Cc1ccc2nc(C(C#N)=Cc3cn(Cc4ccc(F)cc4)c4ccccc34)[nH]c2c1. The van der Waals surface area contributed by atoms with Crippen molar-refractivity contribution in [3.05, 3.63) is 101 Å². The maximum Gasteiger partial charge on any atom is 0.149 e. The van der Waals surface area contributed by atoms with Crippen LogP contribution in [-0.4, -0.2) is 14.5 Å². The van der Waals surface area contributed by atoms with E-state index in [9.17, 15) is 9.65 Å². The van der Waals surface area contributed by atoms with Gasteiger partial charge in [-0.2, -0.15) is 5.26 Å². The summed E-state index contributed by atoms with van der Waals surface area (Å²) in [6.07, 6.45) is 3.90. The third kappa shape index (κ3) is 3.60. The molecule has 0 aliphatic carbocycles. The number of benzene rings is 3. The highest BCUT2D eigenvalue weighted by Gasteiger charge is 2.12. The molecule has 1 N–H and O–H groups in total. The van der Waals surface area contributed by atoms with Gasteiger partial charge in [-0.05, 0) is 54.5 Å². The molecule has 0 amide bonds. The molecule has 0 aliphatic rings. The van der Waals surface area contributed by atoms with E-state index in [0.29, 0.717) is 17.9 Å². The molecule has 5 heteroatoms. The molecule has 5 aromatic rings. The minimum atomic E-state index is -0.246. The molecule has 5 rings (SSSR count). The summed E-state index contributed by atoms with van der Waals surface area (Å²) in [6, 6.07) is 22.9. The summed E-state index contributed by atoms with van der Waals surface area (Å²) >= 11 is 0. The number of halogens is 1. The van der Waals surface area contributed by atoms with Crippen molar-refractivity contribution in [3.63, 3.8) is 0 Å². The molecule has 0 unspecified atom stereocenters. The first-order chi connectivity index (χ1) is 15.1. The predicted molar refractivity (Wildman–Crippen MR) is 122 cm³/mol. The fraction of sp³-hybridized carbons (Fsp3) is 0.0769. The number of nitrogens with one attached hydrogen (secondary N) is 1. The summed E-state index contributed by atoms with van der Waals surface area (Å²) in [5, 5.41) is 10.9. The Morgan fingerprint density at radius 2 is 1.94 bits per heavy atom. The van der Waals surface area contributed by atoms with Gasteiger partial charge < -0.3 is 9.55 Å². The Morgan fingerprint density at radius 3 is 2.74 bits per heavy atom. The zero-order chi connectivity index (χ0) is 21.4. The van der Waals surface area contributed by atoms with Crippen LogP contribution >= 0.6 is 0 Å². The topological polar surface area (TPSA) is 57.4 Å². The zero-order valence-corrected chi connectivity index (χ0v) is 16.9. The second-order valence-corrected chi connectivity index (χ2v) is 7.63. The molecule has 4 nitrogen and oxygen atoms in total. The van der Waals surface area contributed by atoms with E-state index < -0.39 is 0 Å². The Kier molecular flexibility index (Phi) is 4.61. The number of fused-ring (bicyclic) bond motifs is 2. The van der Waals surface area contributed by atoms with Crippen LogP contribution in [0.2, 0.25) is 0 Å². The highest BCUT2D eigenvalue weighted by Crippen LogP contribution is 2.27. The van der Waals surface area contributed by atoms with Gasteiger partial charge in [0.1, 0.15) is 17.7 Å². The van der Waals surface area contributed by atoms with Crippen LogP contribution < -0.4 is 0 Å². The summed E-state index contributed by atoms with van der Waals surface area (Å²) in [7, 11) is 0. The first-order valence-corrected chi connectivity index (χ1v) is 10.0. The summed E-state index contributed by atoms with van der Waals surface area (Å²) in [5.74, 6) is 0.308. The van der Waals surface area contributed by atoms with Crippen molar-refractivity contribution < 1.29 is 4.39 Å². The summed E-state index contributed by atoms with van der Waals surface area (Å²) in [4.78, 5) is 7.86. The minimum absolute atomic E-state index is 0.246. The number of aryl methyl sites for hydroxylation is 1. The van der Waals surface area contributed by atoms with Crippen LogP contribution in [0.25, 0.3) is 33.6 Å². The van der Waals surface area contributed by atoms with E-state index in [2.05, 4.69) is 20.6 Å². The lowest BCUT2D eigenvalue weighted by atomic mass is 10.1. The number of imidazole rings is 1. The molecular formula is C26H19FN4. The Bertz CT molecular complexity index is 1480. The molecule has 2 aromatic heterocycles. The standard InChI is InChI=1S/C26H19FN4/c1-17-6-11-23-24(12-17)30-26(29-23)19(14-28)13-20-16-31(25-5-3-2-4-22(20)25)15-18-7-9-21(27)10-8-18/h2-13,16H,15H2,1H3,(H,29,30). The van der Waals surface area contributed by atoms with Crippen LogP contribution in [0.1, 0.15) is 22.5 Å². The van der Waals surface area contributed by atoms with Gasteiger partial charge in [0.05, 0.1) is 16.6 Å². The maximum absolute atomic E-state index is 13.3. The quantitative estimate of drug-likeness (QED) is 0.368. The Labute approximate surface area is 178 Å². The molecular weight excluding hydrogens is 387 g/mol. The molecule has 2 heterocycles. The van der Waals surface area contributed by atoms with Gasteiger partial charge >= 0.3 is 0 Å². The van der Waals surface area contributed by atoms with Gasteiger partial charge in [0.2, 0.25) is 0 Å². The molecule has 31 heavy (non-hydrogen) atoms. The highest BCUT2D eigenvalue weighted by molar-refractivity contribution is 5.98. The summed E-state index contributed by atoms with van der Waals surface area (Å²) in [5.41, 5.74) is 6.34. The van der Waals surface area contributed by atoms with Gasteiger partial charge in [0.15, 0.2) is 0 Å². The van der Waals surface area contributed by atoms with Crippen molar-refractivity contribution in [2.75, 3.05) is 0 Å². The summed E-state index contributed by atoms with van der Waals surface area (Å²) in [6.45, 7) is 2.64. The van der Waals surface area contributed by atoms with E-state index >= 15 is 0 Å². The molecule has 0 atom stereocenters. The van der Waals surface area contributed by atoms with Crippen molar-refractivity contribution in [1.82, 2.24) is 14.5 Å². The van der Waals surface area contributed by atoms with E-state index in [0.717, 1.165) is 38.6 Å². The first kappa shape index (κ1) is 18.8. The van der Waals surface area contributed by atoms with E-state index in [-0.39, 0.29) is 5.82 Å². The van der Waals surface area contributed by atoms with Crippen molar-refractivity contribution in [2.24, 2.45) is 0 Å². The van der Waals surface area contributed by atoms with E-state index in [1.165, 1.54) is 12.1 Å². The van der Waals surface area contributed by atoms with Crippen LogP contribution in [-0.2, 0) is 6.54 Å². The predicted octanol–water partition coefficient (Wildman–Crippen LogP) is 6.08. The number of H-pyrrole nitrogens is 1. The monoisotopic (exact) mass is 406 g/mol. The average molecular weight is 406 g/mol. The maximum atomic E-state index is 13.3. The molecule has 3 aromatic carbocycles. The molecule has 0 fully saturated rings. The third-order valence-corrected chi connectivity index (χ3v) is 5.40. The van der Waals surface area contributed by atoms with Gasteiger partial charge in [0.25, 0.3) is 0 Å². The number of allylic oxidation sites excluding steroid dienone is 1. The Hall–Kier alpha value is -4.17. The van der Waals surface area contributed by atoms with Gasteiger partial charge in [-0.15, -0.1) is 0 Å². The zero-order valence-electron chi connectivity index (χ0n) is 16.9. The molecule has 0 saturated carbocycles. The first-order valence-electron chi connectivity index (χ1n) is 10.0. The molecule has 0 aliphatic heterocycles. The lowest BCUT2D eigenvalue weighted by molar-refractivity contribution is 0.626. The van der Waals surface area contributed by atoms with E-state index in [4.69, 9.17) is 0 Å². The molecule has 0 bridgehead atoms. The average Bonchev–Trinajstić information content (AvgIpc) is 3.35. The van der Waals surface area contributed by atoms with Crippen LogP contribution in [0, 0.1) is 24.1 Å². The minimum Gasteiger partial charge on any atom is -0.342 e. The van der Waals surface area contributed by atoms with Crippen molar-refractivity contribution in [1.29, 1.82) is 5.26 Å². The third-order valence-electron chi connectivity index (χ3n) is 5.40. The van der Waals surface area contributed by atoms with Crippen LogP contribution in [0.3, 0.4) is 0 Å². The van der Waals surface area contributed by atoms with Gasteiger partial charge in [-0.1, -0.05) is 36.4 Å². The number of para-hydroxylation sites is 1. The van der Waals surface area contributed by atoms with Gasteiger partial charge in [0, 0.05) is 29.2 Å².